The van der Waals surface area contributed by atoms with Crippen LogP contribution in [0.4, 0.5) is 0 Å². The van der Waals surface area contributed by atoms with Crippen LogP contribution in [0.2, 0.25) is 0 Å². The molecular weight excluding hydrogens is 254 g/mol. The lowest BCUT2D eigenvalue weighted by Crippen LogP contribution is -2.51. The molecule has 0 amide bonds. The average molecular weight is 287 g/mol. The maximum absolute atomic E-state index is 8.97. The SMILES string of the molecule is CC(C)(C)O.CN1CCN(C2CCCC(NO)C2)CC1. The minimum absolute atomic E-state index is 0.323. The van der Waals surface area contributed by atoms with Crippen LogP contribution in [0.25, 0.3) is 0 Å². The molecule has 3 N–H and O–H groups in total. The summed E-state index contributed by atoms with van der Waals surface area (Å²) in [5, 5.41) is 17.5. The molecule has 0 aromatic heterocycles. The molecule has 1 heterocycles. The number of hydroxylamine groups is 1. The standard InChI is InChI=1S/C11H23N3O.C4H10O/c1-13-5-7-14(8-6-13)11-4-2-3-10(9-11)12-15;1-4(2,3)5/h10-12,15H,2-9H2,1H3;5H,1-3H3. The number of hydrogen-bond donors (Lipinski definition) is 3. The fourth-order valence-electron chi connectivity index (χ4n) is 2.80. The second-order valence-corrected chi connectivity index (χ2v) is 7.16. The highest BCUT2D eigenvalue weighted by Crippen LogP contribution is 2.23. The van der Waals surface area contributed by atoms with Crippen LogP contribution in [0.15, 0.2) is 0 Å². The maximum atomic E-state index is 8.97. The summed E-state index contributed by atoms with van der Waals surface area (Å²) in [4.78, 5) is 4.99. The largest absolute Gasteiger partial charge is 0.391 e. The van der Waals surface area contributed by atoms with Crippen molar-refractivity contribution in [3.05, 3.63) is 0 Å². The van der Waals surface area contributed by atoms with Crippen LogP contribution in [0.1, 0.15) is 46.5 Å². The highest BCUT2D eigenvalue weighted by Gasteiger charge is 2.27. The summed E-state index contributed by atoms with van der Waals surface area (Å²) in [7, 11) is 2.19. The maximum Gasteiger partial charge on any atom is 0.0563 e. The van der Waals surface area contributed by atoms with E-state index in [2.05, 4.69) is 22.3 Å². The van der Waals surface area contributed by atoms with Crippen LogP contribution >= 0.6 is 0 Å². The third-order valence-electron chi connectivity index (χ3n) is 3.88. The lowest BCUT2D eigenvalue weighted by atomic mass is 9.90. The van der Waals surface area contributed by atoms with Crippen molar-refractivity contribution in [2.75, 3.05) is 33.2 Å². The molecule has 2 atom stereocenters. The van der Waals surface area contributed by atoms with E-state index in [4.69, 9.17) is 10.3 Å². The smallest absolute Gasteiger partial charge is 0.0563 e. The molecule has 2 unspecified atom stereocenters. The van der Waals surface area contributed by atoms with Gasteiger partial charge in [-0.15, -0.1) is 0 Å². The van der Waals surface area contributed by atoms with Crippen LogP contribution in [-0.2, 0) is 0 Å². The van der Waals surface area contributed by atoms with Crippen molar-refractivity contribution in [1.29, 1.82) is 0 Å². The normalized spacial score (nSPS) is 29.7. The summed E-state index contributed by atoms with van der Waals surface area (Å²) in [5.41, 5.74) is 1.94. The number of nitrogens with zero attached hydrogens (tertiary/aromatic N) is 2. The quantitative estimate of drug-likeness (QED) is 0.668. The van der Waals surface area contributed by atoms with E-state index in [1.54, 1.807) is 20.8 Å². The Balaban J connectivity index is 0.000000347. The number of rotatable bonds is 2. The first-order valence-electron chi connectivity index (χ1n) is 7.84. The zero-order chi connectivity index (χ0) is 15.2. The van der Waals surface area contributed by atoms with Gasteiger partial charge in [-0.05, 0) is 47.1 Å². The number of hydrogen-bond acceptors (Lipinski definition) is 5. The Kier molecular flexibility index (Phi) is 7.40. The van der Waals surface area contributed by atoms with E-state index in [-0.39, 0.29) is 0 Å². The molecule has 120 valence electrons. The number of piperazine rings is 1. The lowest BCUT2D eigenvalue weighted by Gasteiger charge is -2.41. The second-order valence-electron chi connectivity index (χ2n) is 7.16. The van der Waals surface area contributed by atoms with Crippen molar-refractivity contribution in [3.63, 3.8) is 0 Å². The van der Waals surface area contributed by atoms with E-state index in [1.165, 1.54) is 39.0 Å². The second kappa shape index (κ2) is 8.29. The van der Waals surface area contributed by atoms with Gasteiger partial charge in [0.15, 0.2) is 0 Å². The summed E-state index contributed by atoms with van der Waals surface area (Å²) >= 11 is 0. The molecular formula is C15H33N3O2. The van der Waals surface area contributed by atoms with Gasteiger partial charge in [0.1, 0.15) is 0 Å². The molecule has 1 aliphatic heterocycles. The van der Waals surface area contributed by atoms with Crippen LogP contribution in [-0.4, -0.2) is 71.0 Å². The van der Waals surface area contributed by atoms with Gasteiger partial charge in [-0.25, -0.2) is 5.48 Å². The van der Waals surface area contributed by atoms with Gasteiger partial charge in [-0.3, -0.25) is 4.90 Å². The van der Waals surface area contributed by atoms with Crippen molar-refractivity contribution >= 4 is 0 Å². The predicted octanol–water partition coefficient (Wildman–Crippen LogP) is 1.30. The molecule has 0 spiro atoms. The minimum atomic E-state index is -0.500. The van der Waals surface area contributed by atoms with Crippen LogP contribution < -0.4 is 5.48 Å². The Morgan fingerprint density at radius 2 is 1.60 bits per heavy atom. The fourth-order valence-corrected chi connectivity index (χ4v) is 2.80. The topological polar surface area (TPSA) is 59.0 Å². The summed E-state index contributed by atoms with van der Waals surface area (Å²) in [6.07, 6.45) is 4.79. The number of aliphatic hydroxyl groups is 1. The zero-order valence-electron chi connectivity index (χ0n) is 13.6. The Bertz CT molecular complexity index is 254. The number of likely N-dealkylation sites (N-methyl/N-ethyl adjacent to an activating group) is 1. The minimum Gasteiger partial charge on any atom is -0.391 e. The molecule has 5 nitrogen and oxygen atoms in total. The van der Waals surface area contributed by atoms with Gasteiger partial charge in [0, 0.05) is 38.3 Å². The van der Waals surface area contributed by atoms with Crippen molar-refractivity contribution in [2.24, 2.45) is 0 Å². The van der Waals surface area contributed by atoms with E-state index in [1.807, 2.05) is 0 Å². The molecule has 0 radical (unpaired) electrons. The van der Waals surface area contributed by atoms with Gasteiger partial charge in [-0.2, -0.15) is 0 Å². The molecule has 2 fully saturated rings. The Morgan fingerprint density at radius 1 is 1.05 bits per heavy atom. The molecule has 0 aromatic carbocycles. The predicted molar refractivity (Wildman–Crippen MR) is 82.0 cm³/mol. The van der Waals surface area contributed by atoms with Crippen LogP contribution in [0.5, 0.6) is 0 Å². The van der Waals surface area contributed by atoms with Gasteiger partial charge in [0.2, 0.25) is 0 Å². The summed E-state index contributed by atoms with van der Waals surface area (Å²) < 4.78 is 0. The van der Waals surface area contributed by atoms with Crippen molar-refractivity contribution in [2.45, 2.75) is 64.1 Å². The van der Waals surface area contributed by atoms with Crippen molar-refractivity contribution in [1.82, 2.24) is 15.3 Å². The third-order valence-corrected chi connectivity index (χ3v) is 3.88. The van der Waals surface area contributed by atoms with Gasteiger partial charge in [0.05, 0.1) is 5.60 Å². The average Bonchev–Trinajstić information content (AvgIpc) is 2.38. The van der Waals surface area contributed by atoms with Crippen molar-refractivity contribution < 1.29 is 10.3 Å². The summed E-state index contributed by atoms with van der Waals surface area (Å²) in [6, 6.07) is 1.01. The van der Waals surface area contributed by atoms with E-state index in [0.717, 1.165) is 12.8 Å². The van der Waals surface area contributed by atoms with Crippen LogP contribution in [0, 0.1) is 0 Å². The first kappa shape index (κ1) is 17.9. The van der Waals surface area contributed by atoms with Gasteiger partial charge < -0.3 is 15.2 Å². The van der Waals surface area contributed by atoms with Crippen molar-refractivity contribution in [3.8, 4) is 0 Å². The molecule has 20 heavy (non-hydrogen) atoms. The summed E-state index contributed by atoms with van der Waals surface area (Å²) in [6.45, 7) is 9.99. The third kappa shape index (κ3) is 7.55. The Hall–Kier alpha value is -0.200. The van der Waals surface area contributed by atoms with Gasteiger partial charge >= 0.3 is 0 Å². The monoisotopic (exact) mass is 287 g/mol. The van der Waals surface area contributed by atoms with E-state index in [9.17, 15) is 0 Å². The van der Waals surface area contributed by atoms with Gasteiger partial charge in [-0.1, -0.05) is 6.42 Å². The van der Waals surface area contributed by atoms with E-state index < -0.39 is 5.60 Å². The highest BCUT2D eigenvalue weighted by molar-refractivity contribution is 4.84. The molecule has 0 bridgehead atoms. The Labute approximate surface area is 123 Å². The molecule has 2 rings (SSSR count). The molecule has 1 saturated carbocycles. The molecule has 5 heteroatoms. The molecule has 1 saturated heterocycles. The summed E-state index contributed by atoms with van der Waals surface area (Å²) in [5.74, 6) is 0. The molecule has 1 aliphatic carbocycles. The van der Waals surface area contributed by atoms with Crippen LogP contribution in [0.3, 0.4) is 0 Å². The van der Waals surface area contributed by atoms with E-state index in [0.29, 0.717) is 12.1 Å². The Morgan fingerprint density at radius 3 is 2.10 bits per heavy atom. The fraction of sp³-hybridized carbons (Fsp3) is 1.00. The first-order valence-corrected chi connectivity index (χ1v) is 7.84. The molecule has 0 aromatic rings. The number of nitrogens with one attached hydrogen (secondary N) is 1. The lowest BCUT2D eigenvalue weighted by molar-refractivity contribution is 0.0484. The van der Waals surface area contributed by atoms with Gasteiger partial charge in [0.25, 0.3) is 0 Å². The first-order chi connectivity index (χ1) is 9.29. The zero-order valence-corrected chi connectivity index (χ0v) is 13.6. The highest BCUT2D eigenvalue weighted by atomic mass is 16.5. The molecule has 2 aliphatic rings. The van der Waals surface area contributed by atoms with E-state index >= 15 is 0 Å².